The third-order valence-corrected chi connectivity index (χ3v) is 4.85. The average molecular weight is 451 g/mol. The molecule has 1 amide bonds. The lowest BCUT2D eigenvalue weighted by molar-refractivity contribution is -0.129. The molecule has 6 nitrogen and oxygen atoms in total. The summed E-state index contributed by atoms with van der Waals surface area (Å²) in [6.07, 6.45) is 2.85. The summed E-state index contributed by atoms with van der Waals surface area (Å²) in [5, 5.41) is 6.84. The van der Waals surface area contributed by atoms with Crippen LogP contribution in [0.3, 0.4) is 0 Å². The fourth-order valence-electron chi connectivity index (χ4n) is 3.41. The number of halogens is 1. The minimum atomic E-state index is 0. The van der Waals surface area contributed by atoms with Crippen LogP contribution in [-0.4, -0.2) is 73.5 Å². The maximum Gasteiger partial charge on any atom is 0.222 e. The third-order valence-electron chi connectivity index (χ3n) is 4.85. The zero-order valence-corrected chi connectivity index (χ0v) is 17.7. The molecule has 2 aliphatic heterocycles. The summed E-state index contributed by atoms with van der Waals surface area (Å²) >= 11 is 0. The lowest BCUT2D eigenvalue weighted by atomic mass is 10.1. The van der Waals surface area contributed by atoms with Gasteiger partial charge in [0.1, 0.15) is 0 Å². The molecule has 2 fully saturated rings. The maximum absolute atomic E-state index is 11.8. The van der Waals surface area contributed by atoms with Gasteiger partial charge in [0.25, 0.3) is 0 Å². The van der Waals surface area contributed by atoms with Gasteiger partial charge in [-0.3, -0.25) is 9.79 Å². The van der Waals surface area contributed by atoms with Gasteiger partial charge in [-0.15, -0.1) is 24.0 Å². The van der Waals surface area contributed by atoms with Gasteiger partial charge in [-0.1, -0.05) is 13.8 Å². The average Bonchev–Trinajstić information content (AvgIpc) is 3.21. The number of likely N-dealkylation sites (tertiary alicyclic amines) is 2. The number of hydrogen-bond acceptors (Lipinski definition) is 3. The predicted octanol–water partition coefficient (Wildman–Crippen LogP) is 1.51. The molecule has 0 radical (unpaired) electrons. The highest BCUT2D eigenvalue weighted by Gasteiger charge is 2.26. The molecule has 140 valence electrons. The van der Waals surface area contributed by atoms with E-state index < -0.39 is 0 Å². The van der Waals surface area contributed by atoms with Crippen LogP contribution >= 0.6 is 24.0 Å². The van der Waals surface area contributed by atoms with Crippen molar-refractivity contribution < 1.29 is 4.79 Å². The topological polar surface area (TPSA) is 60.0 Å². The smallest absolute Gasteiger partial charge is 0.222 e. The third kappa shape index (κ3) is 6.38. The van der Waals surface area contributed by atoms with E-state index in [9.17, 15) is 4.79 Å². The molecule has 0 aliphatic carbocycles. The van der Waals surface area contributed by atoms with Gasteiger partial charge in [0.2, 0.25) is 5.91 Å². The van der Waals surface area contributed by atoms with Gasteiger partial charge in [0, 0.05) is 45.2 Å². The molecule has 0 saturated carbocycles. The van der Waals surface area contributed by atoms with E-state index in [1.54, 1.807) is 0 Å². The zero-order valence-electron chi connectivity index (χ0n) is 15.4. The van der Waals surface area contributed by atoms with Crippen molar-refractivity contribution in [3.63, 3.8) is 0 Å². The maximum atomic E-state index is 11.8. The summed E-state index contributed by atoms with van der Waals surface area (Å²) in [7, 11) is 0. The fourth-order valence-corrected chi connectivity index (χ4v) is 3.41. The summed E-state index contributed by atoms with van der Waals surface area (Å²) in [6.45, 7) is 13.2. The van der Waals surface area contributed by atoms with Gasteiger partial charge >= 0.3 is 0 Å². The van der Waals surface area contributed by atoms with Gasteiger partial charge in [-0.2, -0.15) is 0 Å². The number of amides is 1. The number of hydrogen-bond donors (Lipinski definition) is 2. The van der Waals surface area contributed by atoms with E-state index in [1.165, 1.54) is 19.5 Å². The molecule has 2 saturated heterocycles. The first kappa shape index (κ1) is 21.5. The monoisotopic (exact) mass is 451 g/mol. The lowest BCUT2D eigenvalue weighted by Crippen LogP contribution is -2.45. The largest absolute Gasteiger partial charge is 0.357 e. The van der Waals surface area contributed by atoms with Crippen molar-refractivity contribution in [1.82, 2.24) is 20.4 Å². The van der Waals surface area contributed by atoms with Gasteiger partial charge in [-0.25, -0.2) is 0 Å². The molecule has 2 unspecified atom stereocenters. The Kier molecular flexibility index (Phi) is 9.95. The van der Waals surface area contributed by atoms with Crippen molar-refractivity contribution in [2.45, 2.75) is 46.1 Å². The Bertz CT molecular complexity index is 418. The molecular formula is C17H34IN5O. The Morgan fingerprint density at radius 3 is 2.58 bits per heavy atom. The number of carbonyl (C=O) groups is 1. The standard InChI is InChI=1S/C17H33N5O.HI/c1-4-16(23)22-10-8-15(13-22)20-17(18-5-2)19-11-14-7-9-21(6-3)12-14;/h14-15H,4-13H2,1-3H3,(H2,18,19,20);1H. The minimum absolute atomic E-state index is 0. The van der Waals surface area contributed by atoms with E-state index >= 15 is 0 Å². The molecule has 7 heteroatoms. The first-order valence-electron chi connectivity index (χ1n) is 9.21. The van der Waals surface area contributed by atoms with Crippen molar-refractivity contribution >= 4 is 35.8 Å². The predicted molar refractivity (Wildman–Crippen MR) is 110 cm³/mol. The van der Waals surface area contributed by atoms with Crippen molar-refractivity contribution in [3.8, 4) is 0 Å². The lowest BCUT2D eigenvalue weighted by Gasteiger charge is -2.19. The molecule has 0 aromatic rings. The molecule has 2 heterocycles. The Morgan fingerprint density at radius 1 is 1.17 bits per heavy atom. The molecular weight excluding hydrogens is 417 g/mol. The second kappa shape index (κ2) is 11.1. The molecule has 0 spiro atoms. The van der Waals surface area contributed by atoms with E-state index in [-0.39, 0.29) is 29.9 Å². The number of guanidine groups is 1. The van der Waals surface area contributed by atoms with Crippen molar-refractivity contribution in [3.05, 3.63) is 0 Å². The van der Waals surface area contributed by atoms with Crippen LogP contribution in [0.5, 0.6) is 0 Å². The molecule has 0 aromatic carbocycles. The van der Waals surface area contributed by atoms with Gasteiger partial charge in [0.05, 0.1) is 0 Å². The normalized spacial score (nSPS) is 24.8. The highest BCUT2D eigenvalue weighted by Crippen LogP contribution is 2.16. The summed E-state index contributed by atoms with van der Waals surface area (Å²) < 4.78 is 0. The van der Waals surface area contributed by atoms with E-state index in [0.29, 0.717) is 18.4 Å². The van der Waals surface area contributed by atoms with Gasteiger partial charge < -0.3 is 20.4 Å². The number of nitrogens with one attached hydrogen (secondary N) is 2. The van der Waals surface area contributed by atoms with Crippen LogP contribution in [0.4, 0.5) is 0 Å². The first-order valence-corrected chi connectivity index (χ1v) is 9.21. The second-order valence-electron chi connectivity index (χ2n) is 6.59. The SMILES string of the molecule is CCNC(=NCC1CCN(CC)C1)NC1CCN(C(=O)CC)C1.I. The van der Waals surface area contributed by atoms with Crippen molar-refractivity contribution in [2.24, 2.45) is 10.9 Å². The number of carbonyl (C=O) groups excluding carboxylic acids is 1. The molecule has 2 N–H and O–H groups in total. The van der Waals surface area contributed by atoms with Gasteiger partial charge in [0.15, 0.2) is 5.96 Å². The number of nitrogens with zero attached hydrogens (tertiary/aromatic N) is 3. The second-order valence-corrected chi connectivity index (χ2v) is 6.59. The first-order chi connectivity index (χ1) is 11.2. The summed E-state index contributed by atoms with van der Waals surface area (Å²) in [5.74, 6) is 1.83. The van der Waals surface area contributed by atoms with E-state index in [1.807, 2.05) is 11.8 Å². The van der Waals surface area contributed by atoms with E-state index in [0.717, 1.165) is 45.1 Å². The Hall–Kier alpha value is -0.570. The quantitative estimate of drug-likeness (QED) is 0.365. The number of rotatable bonds is 6. The summed E-state index contributed by atoms with van der Waals surface area (Å²) in [4.78, 5) is 21.0. The minimum Gasteiger partial charge on any atom is -0.357 e. The van der Waals surface area contributed by atoms with Crippen molar-refractivity contribution in [1.29, 1.82) is 0 Å². The van der Waals surface area contributed by atoms with Crippen LogP contribution in [0.2, 0.25) is 0 Å². The van der Waals surface area contributed by atoms with Crippen molar-refractivity contribution in [2.75, 3.05) is 45.8 Å². The van der Waals surface area contributed by atoms with Crippen LogP contribution < -0.4 is 10.6 Å². The summed E-state index contributed by atoms with van der Waals surface area (Å²) in [6, 6.07) is 0.319. The van der Waals surface area contributed by atoms with E-state index in [2.05, 4.69) is 29.4 Å². The van der Waals surface area contributed by atoms with E-state index in [4.69, 9.17) is 4.99 Å². The molecule has 2 rings (SSSR count). The molecule has 2 atom stereocenters. The van der Waals surface area contributed by atoms with Crippen LogP contribution in [0.25, 0.3) is 0 Å². The fraction of sp³-hybridized carbons (Fsp3) is 0.882. The van der Waals surface area contributed by atoms with Crippen LogP contribution in [0.1, 0.15) is 40.0 Å². The van der Waals surface area contributed by atoms with Crippen LogP contribution in [0.15, 0.2) is 4.99 Å². The molecule has 2 aliphatic rings. The Morgan fingerprint density at radius 2 is 1.96 bits per heavy atom. The van der Waals surface area contributed by atoms with Gasteiger partial charge in [-0.05, 0) is 38.8 Å². The van der Waals surface area contributed by atoms with Crippen LogP contribution in [0, 0.1) is 5.92 Å². The molecule has 24 heavy (non-hydrogen) atoms. The highest BCUT2D eigenvalue weighted by atomic mass is 127. The number of aliphatic imine (C=N–C) groups is 1. The molecule has 0 aromatic heterocycles. The molecule has 0 bridgehead atoms. The Labute approximate surface area is 163 Å². The highest BCUT2D eigenvalue weighted by molar-refractivity contribution is 14.0. The summed E-state index contributed by atoms with van der Waals surface area (Å²) in [5.41, 5.74) is 0. The Balaban J connectivity index is 0.00000288. The van der Waals surface area contributed by atoms with Crippen LogP contribution in [-0.2, 0) is 4.79 Å². The zero-order chi connectivity index (χ0) is 16.7.